The quantitative estimate of drug-likeness (QED) is 0.399. The zero-order chi connectivity index (χ0) is 23.4. The molecule has 0 spiro atoms. The first-order valence-corrected chi connectivity index (χ1v) is 11.8. The topological polar surface area (TPSA) is 65.1 Å². The van der Waals surface area contributed by atoms with Crippen LogP contribution in [0, 0.1) is 0 Å². The fraction of sp³-hybridized carbons (Fsp3) is 0.409. The van der Waals surface area contributed by atoms with E-state index in [1.54, 1.807) is 28.9 Å². The first-order valence-electron chi connectivity index (χ1n) is 10.2. The first kappa shape index (κ1) is 24.3. The molecule has 2 atom stereocenters. The van der Waals surface area contributed by atoms with Crippen LogP contribution in [0.3, 0.4) is 0 Å². The van der Waals surface area contributed by atoms with Crippen LogP contribution in [-0.2, 0) is 24.8 Å². The summed E-state index contributed by atoms with van der Waals surface area (Å²) < 4.78 is 69.8. The smallest absolute Gasteiger partial charge is 0.416 e. The van der Waals surface area contributed by atoms with Gasteiger partial charge in [-0.05, 0) is 61.4 Å². The van der Waals surface area contributed by atoms with Crippen LogP contribution in [0.5, 0.6) is 11.5 Å². The lowest BCUT2D eigenvalue weighted by Gasteiger charge is -2.39. The highest BCUT2D eigenvalue weighted by atomic mass is 31.2. The molecule has 0 amide bonds. The predicted molar refractivity (Wildman–Crippen MR) is 113 cm³/mol. The number of ether oxygens (including phenoxy) is 2. The minimum atomic E-state index is -4.42. The summed E-state index contributed by atoms with van der Waals surface area (Å²) >= 11 is 0. The average molecular weight is 471 g/mol. The maximum absolute atomic E-state index is 13.9. The molecular formula is C22H25F3NO5P. The minimum absolute atomic E-state index is 0.238. The second-order valence-electron chi connectivity index (χ2n) is 7.32. The number of hydrogen-bond donors (Lipinski definition) is 0. The molecule has 0 N–H and O–H groups in total. The SMILES string of the molecule is CCC[C@H](C(=O)OC)N1CCCOP1(=O)c1ccc(Oc2ccc(C(F)(F)F)cc2)cc1. The van der Waals surface area contributed by atoms with Gasteiger partial charge in [0.2, 0.25) is 0 Å². The second kappa shape index (κ2) is 10.1. The maximum atomic E-state index is 13.9. The average Bonchev–Trinajstić information content (AvgIpc) is 2.78. The first-order chi connectivity index (χ1) is 15.2. The molecule has 2 aromatic rings. The van der Waals surface area contributed by atoms with Gasteiger partial charge in [-0.2, -0.15) is 13.2 Å². The zero-order valence-electron chi connectivity index (χ0n) is 17.8. The highest BCUT2D eigenvalue weighted by molar-refractivity contribution is 7.64. The van der Waals surface area contributed by atoms with Crippen molar-refractivity contribution in [2.75, 3.05) is 20.3 Å². The van der Waals surface area contributed by atoms with Crippen molar-refractivity contribution in [3.8, 4) is 11.5 Å². The van der Waals surface area contributed by atoms with E-state index in [4.69, 9.17) is 14.0 Å². The van der Waals surface area contributed by atoms with E-state index in [1.165, 1.54) is 19.2 Å². The number of nitrogens with zero attached hydrogens (tertiary/aromatic N) is 1. The van der Waals surface area contributed by atoms with Gasteiger partial charge in [0.25, 0.3) is 0 Å². The number of carbonyl (C=O) groups is 1. The summed E-state index contributed by atoms with van der Waals surface area (Å²) in [5.74, 6) is 0.142. The normalized spacial score (nSPS) is 20.5. The Labute approximate surface area is 184 Å². The molecule has 2 aromatic carbocycles. The number of halogens is 3. The standard InChI is InChI=1S/C22H25F3NO5P/c1-3-5-20(21(27)29-2)26-14-4-15-30-32(26,28)19-12-10-18(11-13-19)31-17-8-6-16(7-9-17)22(23,24)25/h6-13,20H,3-5,14-15H2,1-2H3/t20-,32?/m1/s1. The molecule has 1 saturated heterocycles. The molecule has 0 bridgehead atoms. The Morgan fingerprint density at radius 1 is 1.12 bits per heavy atom. The number of benzene rings is 2. The molecule has 1 aliphatic rings. The highest BCUT2D eigenvalue weighted by Gasteiger charge is 2.43. The molecule has 10 heteroatoms. The van der Waals surface area contributed by atoms with Crippen LogP contribution in [0.15, 0.2) is 48.5 Å². The molecule has 174 valence electrons. The van der Waals surface area contributed by atoms with Crippen molar-refractivity contribution >= 4 is 18.8 Å². The summed E-state index contributed by atoms with van der Waals surface area (Å²) in [6.45, 7) is 2.66. The van der Waals surface area contributed by atoms with Gasteiger partial charge in [-0.3, -0.25) is 9.36 Å². The van der Waals surface area contributed by atoms with Crippen LogP contribution in [-0.4, -0.2) is 36.9 Å². The van der Waals surface area contributed by atoms with Gasteiger partial charge in [-0.25, -0.2) is 4.67 Å². The summed E-state index contributed by atoms with van der Waals surface area (Å²) in [5.41, 5.74) is -0.764. The van der Waals surface area contributed by atoms with Gasteiger partial charge in [0, 0.05) is 6.54 Å². The van der Waals surface area contributed by atoms with Crippen LogP contribution < -0.4 is 10.0 Å². The van der Waals surface area contributed by atoms with E-state index in [0.717, 1.165) is 12.1 Å². The van der Waals surface area contributed by atoms with Crippen molar-refractivity contribution in [1.82, 2.24) is 4.67 Å². The van der Waals surface area contributed by atoms with E-state index in [2.05, 4.69) is 0 Å². The number of alkyl halides is 3. The van der Waals surface area contributed by atoms with E-state index < -0.39 is 31.3 Å². The van der Waals surface area contributed by atoms with Crippen molar-refractivity contribution < 1.29 is 36.5 Å². The van der Waals surface area contributed by atoms with E-state index in [9.17, 15) is 22.5 Å². The van der Waals surface area contributed by atoms with Gasteiger partial charge < -0.3 is 14.0 Å². The van der Waals surface area contributed by atoms with Crippen molar-refractivity contribution in [3.05, 3.63) is 54.1 Å². The Bertz CT molecular complexity index is 963. The third-order valence-electron chi connectivity index (χ3n) is 5.11. The molecule has 0 aliphatic carbocycles. The van der Waals surface area contributed by atoms with Crippen LogP contribution >= 0.6 is 7.52 Å². The molecule has 1 unspecified atom stereocenters. The molecule has 3 rings (SSSR count). The molecular weight excluding hydrogens is 446 g/mol. The van der Waals surface area contributed by atoms with E-state index in [0.29, 0.717) is 43.5 Å². The highest BCUT2D eigenvalue weighted by Crippen LogP contribution is 2.54. The fourth-order valence-electron chi connectivity index (χ4n) is 3.53. The molecule has 6 nitrogen and oxygen atoms in total. The van der Waals surface area contributed by atoms with E-state index in [1.807, 2.05) is 6.92 Å². The molecule has 1 fully saturated rings. The van der Waals surface area contributed by atoms with Gasteiger partial charge in [0.1, 0.15) is 17.5 Å². The summed E-state index contributed by atoms with van der Waals surface area (Å²) in [5, 5.41) is 0.405. The Morgan fingerprint density at radius 2 is 1.72 bits per heavy atom. The molecule has 1 heterocycles. The number of methoxy groups -OCH3 is 1. The third-order valence-corrected chi connectivity index (χ3v) is 7.75. The third kappa shape index (κ3) is 5.34. The summed E-state index contributed by atoms with van der Waals surface area (Å²) in [6.07, 6.45) is -2.60. The van der Waals surface area contributed by atoms with Gasteiger partial charge >= 0.3 is 19.7 Å². The lowest BCUT2D eigenvalue weighted by molar-refractivity contribution is -0.146. The predicted octanol–water partition coefficient (Wildman–Crippen LogP) is 5.38. The molecule has 0 aromatic heterocycles. The number of carbonyl (C=O) groups excluding carboxylic acids is 1. The van der Waals surface area contributed by atoms with Gasteiger partial charge in [0.05, 0.1) is 24.6 Å². The minimum Gasteiger partial charge on any atom is -0.468 e. The van der Waals surface area contributed by atoms with Crippen LogP contribution in [0.4, 0.5) is 13.2 Å². The van der Waals surface area contributed by atoms with Crippen molar-refractivity contribution in [2.24, 2.45) is 0 Å². The lowest BCUT2D eigenvalue weighted by atomic mass is 10.1. The van der Waals surface area contributed by atoms with Gasteiger partial charge in [0.15, 0.2) is 0 Å². The maximum Gasteiger partial charge on any atom is 0.416 e. The van der Waals surface area contributed by atoms with Gasteiger partial charge in [-0.1, -0.05) is 13.3 Å². The van der Waals surface area contributed by atoms with Crippen LogP contribution in [0.1, 0.15) is 31.7 Å². The Morgan fingerprint density at radius 3 is 2.25 bits per heavy atom. The Balaban J connectivity index is 1.81. The lowest BCUT2D eigenvalue weighted by Crippen LogP contribution is -2.45. The molecule has 0 saturated carbocycles. The monoisotopic (exact) mass is 471 g/mol. The summed E-state index contributed by atoms with van der Waals surface area (Å²) in [4.78, 5) is 12.3. The van der Waals surface area contributed by atoms with Crippen molar-refractivity contribution in [1.29, 1.82) is 0 Å². The van der Waals surface area contributed by atoms with Gasteiger partial charge in [-0.15, -0.1) is 0 Å². The fourth-order valence-corrected chi connectivity index (χ4v) is 6.01. The van der Waals surface area contributed by atoms with E-state index >= 15 is 0 Å². The zero-order valence-corrected chi connectivity index (χ0v) is 18.7. The molecule has 32 heavy (non-hydrogen) atoms. The second-order valence-corrected chi connectivity index (χ2v) is 9.65. The van der Waals surface area contributed by atoms with Crippen LogP contribution in [0.25, 0.3) is 0 Å². The van der Waals surface area contributed by atoms with Crippen molar-refractivity contribution in [3.63, 3.8) is 0 Å². The van der Waals surface area contributed by atoms with Crippen LogP contribution in [0.2, 0.25) is 0 Å². The summed E-state index contributed by atoms with van der Waals surface area (Å²) in [7, 11) is -2.20. The Hall–Kier alpha value is -2.35. The summed E-state index contributed by atoms with van der Waals surface area (Å²) in [6, 6.07) is 9.96. The largest absolute Gasteiger partial charge is 0.468 e. The number of rotatable bonds is 7. The number of esters is 1. The Kier molecular flexibility index (Phi) is 7.64. The van der Waals surface area contributed by atoms with E-state index in [-0.39, 0.29) is 5.75 Å². The number of hydrogen-bond acceptors (Lipinski definition) is 5. The molecule has 0 radical (unpaired) electrons. The molecule has 1 aliphatic heterocycles. The van der Waals surface area contributed by atoms with Crippen molar-refractivity contribution in [2.45, 2.75) is 38.4 Å².